The van der Waals surface area contributed by atoms with Gasteiger partial charge in [0.15, 0.2) is 10.6 Å². The molecule has 0 bridgehead atoms. The van der Waals surface area contributed by atoms with E-state index in [1.165, 1.54) is 4.70 Å². The van der Waals surface area contributed by atoms with Crippen LogP contribution in [-0.2, 0) is 32.2 Å². The van der Waals surface area contributed by atoms with Crippen LogP contribution in [0.2, 0.25) is 0 Å². The fourth-order valence-electron chi connectivity index (χ4n) is 5.78. The molecule has 1 fully saturated rings. The molecule has 4 aromatic carbocycles. The van der Waals surface area contributed by atoms with Gasteiger partial charge in [-0.3, -0.25) is 14.8 Å². The third-order valence-electron chi connectivity index (χ3n) is 8.45. The number of aliphatic hydroxyl groups excluding tert-OH is 1. The minimum Gasteiger partial charge on any atom is -0.392 e. The van der Waals surface area contributed by atoms with Gasteiger partial charge in [-0.1, -0.05) is 96.7 Å². The topological polar surface area (TPSA) is 130 Å². The van der Waals surface area contributed by atoms with Crippen LogP contribution in [0.5, 0.6) is 0 Å². The van der Waals surface area contributed by atoms with E-state index >= 15 is 0 Å². The Kier molecular flexibility index (Phi) is 12.1. The van der Waals surface area contributed by atoms with E-state index in [4.69, 9.17) is 19.7 Å². The van der Waals surface area contributed by atoms with E-state index in [1.54, 1.807) is 28.6 Å². The number of rotatable bonds is 14. The van der Waals surface area contributed by atoms with E-state index in [2.05, 4.69) is 23.5 Å². The van der Waals surface area contributed by atoms with E-state index in [9.17, 15) is 14.7 Å². The maximum atomic E-state index is 12.4. The molecular formula is C38H39N3O6S2. The maximum Gasteiger partial charge on any atom is 0.243 e. The Morgan fingerprint density at radius 1 is 0.857 bits per heavy atom. The molecular weight excluding hydrogens is 659 g/mol. The van der Waals surface area contributed by atoms with Crippen molar-refractivity contribution in [3.8, 4) is 11.1 Å². The minimum atomic E-state index is -0.565. The highest BCUT2D eigenvalue weighted by molar-refractivity contribution is 8.01. The van der Waals surface area contributed by atoms with E-state index < -0.39 is 12.2 Å². The van der Waals surface area contributed by atoms with Gasteiger partial charge in [0, 0.05) is 37.1 Å². The van der Waals surface area contributed by atoms with Crippen LogP contribution in [0.4, 0.5) is 0 Å². The molecule has 4 N–H and O–H groups in total. The van der Waals surface area contributed by atoms with Gasteiger partial charge in [0.05, 0.1) is 29.0 Å². The molecule has 49 heavy (non-hydrogen) atoms. The summed E-state index contributed by atoms with van der Waals surface area (Å²) in [6.07, 6.45) is 1.45. The molecule has 1 saturated heterocycles. The number of nitrogens with zero attached hydrogens (tertiary/aromatic N) is 1. The zero-order chi connectivity index (χ0) is 34.0. The average molecular weight is 698 g/mol. The Morgan fingerprint density at radius 2 is 1.57 bits per heavy atom. The number of carbonyl (C=O) groups excluding carboxylic acids is 2. The highest BCUT2D eigenvalue weighted by atomic mass is 32.2. The van der Waals surface area contributed by atoms with Crippen molar-refractivity contribution in [2.75, 3.05) is 5.75 Å². The van der Waals surface area contributed by atoms with Crippen LogP contribution in [-0.4, -0.2) is 39.0 Å². The van der Waals surface area contributed by atoms with Gasteiger partial charge < -0.3 is 19.9 Å². The van der Waals surface area contributed by atoms with Gasteiger partial charge in [-0.05, 0) is 52.8 Å². The Balaban J connectivity index is 1.13. The second-order valence-electron chi connectivity index (χ2n) is 11.9. The standard InChI is InChI=1S/C38H39N3O6S2/c42-23-25-13-15-27(16-14-25)33-21-30(24-48-38-40-32-9-3-4-10-34(32)49-38)46-37(47-33)28-19-17-26(18-20-28)31-8-2-1-7-29(31)22-39-35(43)11-5-6-12-36(44)41-45/h1-4,7-10,13-20,30,33,37,42,45H,5-6,11-12,21-24H2,(H,39,43)(H,41,44). The molecule has 1 aromatic heterocycles. The normalized spacial score (nSPS) is 17.6. The van der Waals surface area contributed by atoms with Gasteiger partial charge in [0.1, 0.15) is 0 Å². The molecule has 0 aliphatic carbocycles. The molecule has 254 valence electrons. The summed E-state index contributed by atoms with van der Waals surface area (Å²) in [5.41, 5.74) is 8.46. The fraction of sp³-hybridized carbons (Fsp3) is 0.289. The summed E-state index contributed by atoms with van der Waals surface area (Å²) in [5, 5.41) is 21.1. The summed E-state index contributed by atoms with van der Waals surface area (Å²) >= 11 is 3.40. The van der Waals surface area contributed by atoms with Gasteiger partial charge in [-0.25, -0.2) is 10.5 Å². The van der Waals surface area contributed by atoms with Gasteiger partial charge in [-0.15, -0.1) is 11.3 Å². The fourth-order valence-corrected chi connectivity index (χ4v) is 7.90. The quantitative estimate of drug-likeness (QED) is 0.0407. The molecule has 3 atom stereocenters. The monoisotopic (exact) mass is 697 g/mol. The van der Waals surface area contributed by atoms with Gasteiger partial charge >= 0.3 is 0 Å². The molecule has 0 spiro atoms. The summed E-state index contributed by atoms with van der Waals surface area (Å²) in [4.78, 5) is 28.4. The van der Waals surface area contributed by atoms with Crippen molar-refractivity contribution in [2.45, 2.75) is 68.1 Å². The molecule has 0 radical (unpaired) electrons. The molecule has 5 aromatic rings. The Morgan fingerprint density at radius 3 is 2.33 bits per heavy atom. The van der Waals surface area contributed by atoms with Gasteiger partial charge in [0.25, 0.3) is 0 Å². The number of hydroxylamine groups is 1. The summed E-state index contributed by atoms with van der Waals surface area (Å²) in [6, 6.07) is 32.2. The number of fused-ring (bicyclic) bond motifs is 1. The van der Waals surface area contributed by atoms with Crippen LogP contribution < -0.4 is 10.8 Å². The van der Waals surface area contributed by atoms with Gasteiger partial charge in [-0.2, -0.15) is 0 Å². The largest absolute Gasteiger partial charge is 0.392 e. The molecule has 3 unspecified atom stereocenters. The molecule has 9 nitrogen and oxygen atoms in total. The second-order valence-corrected chi connectivity index (χ2v) is 14.2. The van der Waals surface area contributed by atoms with Crippen LogP contribution >= 0.6 is 23.1 Å². The van der Waals surface area contributed by atoms with Crippen molar-refractivity contribution in [1.82, 2.24) is 15.8 Å². The Bertz CT molecular complexity index is 1810. The Labute approximate surface area is 293 Å². The summed E-state index contributed by atoms with van der Waals surface area (Å²) < 4.78 is 15.3. The van der Waals surface area contributed by atoms with E-state index in [0.717, 1.165) is 49.0 Å². The zero-order valence-corrected chi connectivity index (χ0v) is 28.6. The summed E-state index contributed by atoms with van der Waals surface area (Å²) in [6.45, 7) is 0.377. The van der Waals surface area contributed by atoms with Crippen molar-refractivity contribution < 1.29 is 29.4 Å². The molecule has 2 amide bonds. The van der Waals surface area contributed by atoms with Crippen molar-refractivity contribution in [2.24, 2.45) is 0 Å². The lowest BCUT2D eigenvalue weighted by atomic mass is 9.97. The molecule has 6 rings (SSSR count). The van der Waals surface area contributed by atoms with Crippen molar-refractivity contribution in [1.29, 1.82) is 0 Å². The minimum absolute atomic E-state index is 0.00574. The first-order valence-corrected chi connectivity index (χ1v) is 18.2. The number of aliphatic hydroxyl groups is 1. The summed E-state index contributed by atoms with van der Waals surface area (Å²) in [7, 11) is 0. The third-order valence-corrected chi connectivity index (χ3v) is 10.8. The number of para-hydroxylation sites is 1. The number of benzene rings is 4. The van der Waals surface area contributed by atoms with E-state index in [0.29, 0.717) is 32.2 Å². The Hall–Kier alpha value is -4.10. The maximum absolute atomic E-state index is 12.4. The number of carbonyl (C=O) groups is 2. The highest BCUT2D eigenvalue weighted by Crippen LogP contribution is 2.40. The number of hydrogen-bond donors (Lipinski definition) is 4. The first-order valence-electron chi connectivity index (χ1n) is 16.4. The van der Waals surface area contributed by atoms with Crippen LogP contribution in [0.15, 0.2) is 101 Å². The predicted molar refractivity (Wildman–Crippen MR) is 191 cm³/mol. The van der Waals surface area contributed by atoms with Crippen LogP contribution in [0.3, 0.4) is 0 Å². The highest BCUT2D eigenvalue weighted by Gasteiger charge is 2.32. The molecule has 1 aliphatic rings. The van der Waals surface area contributed by atoms with Crippen LogP contribution in [0.1, 0.15) is 66.8 Å². The lowest BCUT2D eigenvalue weighted by Gasteiger charge is -2.36. The molecule has 11 heteroatoms. The number of aromatic nitrogens is 1. The van der Waals surface area contributed by atoms with Crippen LogP contribution in [0.25, 0.3) is 21.3 Å². The first-order chi connectivity index (χ1) is 24.0. The number of thiazole rings is 1. The lowest BCUT2D eigenvalue weighted by Crippen LogP contribution is -2.31. The first kappa shape index (κ1) is 34.8. The number of amides is 2. The number of hydrogen-bond acceptors (Lipinski definition) is 9. The molecule has 1 aliphatic heterocycles. The van der Waals surface area contributed by atoms with Crippen LogP contribution in [0, 0.1) is 0 Å². The SMILES string of the molecule is O=C(CCCCC(=O)NCc1ccccc1-c1ccc(C2OC(CSc3nc4ccccc4s3)CC(c3ccc(CO)cc3)O2)cc1)NO. The zero-order valence-electron chi connectivity index (χ0n) is 26.9. The smallest absolute Gasteiger partial charge is 0.243 e. The second kappa shape index (κ2) is 17.0. The number of unbranched alkanes of at least 4 members (excludes halogenated alkanes) is 1. The van der Waals surface area contributed by atoms with Crippen molar-refractivity contribution in [3.63, 3.8) is 0 Å². The number of thioether (sulfide) groups is 1. The number of nitrogens with one attached hydrogen (secondary N) is 2. The van der Waals surface area contributed by atoms with Crippen molar-refractivity contribution in [3.05, 3.63) is 119 Å². The number of ether oxygens (including phenoxy) is 2. The summed E-state index contributed by atoms with van der Waals surface area (Å²) in [5.74, 6) is 0.201. The van der Waals surface area contributed by atoms with Crippen molar-refractivity contribution >= 4 is 45.1 Å². The average Bonchev–Trinajstić information content (AvgIpc) is 3.58. The molecule has 2 heterocycles. The van der Waals surface area contributed by atoms with Gasteiger partial charge in [0.2, 0.25) is 11.8 Å². The van der Waals surface area contributed by atoms with E-state index in [-0.39, 0.29) is 31.1 Å². The third kappa shape index (κ3) is 9.33. The molecule has 0 saturated carbocycles. The lowest BCUT2D eigenvalue weighted by molar-refractivity contribution is -0.245. The van der Waals surface area contributed by atoms with E-state index in [1.807, 2.05) is 78.9 Å². The predicted octanol–water partition coefficient (Wildman–Crippen LogP) is 7.48.